The maximum Gasteiger partial charge on any atom is 0.305 e. The first-order chi connectivity index (χ1) is 7.20. The Kier molecular flexibility index (Phi) is 10.1. The van der Waals surface area contributed by atoms with Crippen LogP contribution >= 0.6 is 11.6 Å². The van der Waals surface area contributed by atoms with Crippen LogP contribution in [0.15, 0.2) is 0 Å². The maximum atomic E-state index is 11.0. The van der Waals surface area contributed by atoms with E-state index in [4.69, 9.17) is 16.3 Å². The number of hydrogen-bond acceptors (Lipinski definition) is 2. The van der Waals surface area contributed by atoms with Gasteiger partial charge >= 0.3 is 5.97 Å². The molecule has 0 saturated carbocycles. The van der Waals surface area contributed by atoms with Gasteiger partial charge in [-0.2, -0.15) is 0 Å². The number of carbonyl (C=O) groups is 1. The molecule has 0 aliphatic heterocycles. The Morgan fingerprint density at radius 1 is 1.20 bits per heavy atom. The molecule has 0 N–H and O–H groups in total. The van der Waals surface area contributed by atoms with Crippen LogP contribution in [0, 0.1) is 0 Å². The molecule has 1 unspecified atom stereocenters. The van der Waals surface area contributed by atoms with Crippen LogP contribution < -0.4 is 0 Å². The van der Waals surface area contributed by atoms with Gasteiger partial charge in [-0.25, -0.2) is 0 Å². The van der Waals surface area contributed by atoms with Crippen LogP contribution in [0.2, 0.25) is 0 Å². The summed E-state index contributed by atoms with van der Waals surface area (Å²) in [5.74, 6) is -0.0683. The van der Waals surface area contributed by atoms with E-state index in [1.165, 1.54) is 12.8 Å². The second-order valence-electron chi connectivity index (χ2n) is 3.76. The molecule has 1 atom stereocenters. The quantitative estimate of drug-likeness (QED) is 0.344. The SMILES string of the molecule is CCOC(=O)CCCCCCC(Cl)CC. The zero-order valence-corrected chi connectivity index (χ0v) is 10.7. The lowest BCUT2D eigenvalue weighted by molar-refractivity contribution is -0.143. The standard InChI is InChI=1S/C12H23ClO2/c1-3-11(13)9-7-5-6-8-10-12(14)15-4-2/h11H,3-10H2,1-2H3. The van der Waals surface area contributed by atoms with Crippen LogP contribution in [-0.4, -0.2) is 18.0 Å². The molecule has 0 aromatic rings. The summed E-state index contributed by atoms with van der Waals surface area (Å²) in [5.41, 5.74) is 0. The normalized spacial score (nSPS) is 12.5. The first-order valence-electron chi connectivity index (χ1n) is 6.00. The Bertz CT molecular complexity index is 160. The van der Waals surface area contributed by atoms with Crippen molar-refractivity contribution in [2.45, 2.75) is 64.2 Å². The van der Waals surface area contributed by atoms with E-state index in [1.807, 2.05) is 6.92 Å². The first kappa shape index (κ1) is 14.8. The first-order valence-corrected chi connectivity index (χ1v) is 6.44. The fraction of sp³-hybridized carbons (Fsp3) is 0.917. The highest BCUT2D eigenvalue weighted by atomic mass is 35.5. The highest BCUT2D eigenvalue weighted by Gasteiger charge is 2.02. The van der Waals surface area contributed by atoms with Gasteiger partial charge in [-0.1, -0.05) is 26.2 Å². The van der Waals surface area contributed by atoms with Crippen molar-refractivity contribution in [3.63, 3.8) is 0 Å². The highest BCUT2D eigenvalue weighted by Crippen LogP contribution is 2.13. The maximum absolute atomic E-state index is 11.0. The second-order valence-corrected chi connectivity index (χ2v) is 4.38. The lowest BCUT2D eigenvalue weighted by Gasteiger charge is -2.05. The molecule has 0 saturated heterocycles. The Morgan fingerprint density at radius 3 is 2.47 bits per heavy atom. The summed E-state index contributed by atoms with van der Waals surface area (Å²) in [4.78, 5) is 11.0. The fourth-order valence-corrected chi connectivity index (χ4v) is 1.58. The van der Waals surface area contributed by atoms with Crippen LogP contribution in [0.4, 0.5) is 0 Å². The number of unbranched alkanes of at least 4 members (excludes halogenated alkanes) is 3. The predicted molar refractivity (Wildman–Crippen MR) is 64.3 cm³/mol. The molecule has 0 heterocycles. The van der Waals surface area contributed by atoms with Crippen molar-refractivity contribution >= 4 is 17.6 Å². The van der Waals surface area contributed by atoms with Crippen LogP contribution in [0.5, 0.6) is 0 Å². The topological polar surface area (TPSA) is 26.3 Å². The average Bonchev–Trinajstić information content (AvgIpc) is 2.23. The molecule has 2 nitrogen and oxygen atoms in total. The van der Waals surface area contributed by atoms with E-state index in [0.29, 0.717) is 18.4 Å². The molecule has 0 bridgehead atoms. The summed E-state index contributed by atoms with van der Waals surface area (Å²) in [5, 5.41) is 0.329. The molecule has 0 aromatic carbocycles. The zero-order valence-electron chi connectivity index (χ0n) is 9.93. The Balaban J connectivity index is 3.14. The van der Waals surface area contributed by atoms with Crippen molar-refractivity contribution in [1.82, 2.24) is 0 Å². The molecule has 0 fully saturated rings. The van der Waals surface area contributed by atoms with Crippen molar-refractivity contribution in [3.05, 3.63) is 0 Å². The minimum absolute atomic E-state index is 0.0683. The summed E-state index contributed by atoms with van der Waals surface area (Å²) in [6, 6.07) is 0. The minimum atomic E-state index is -0.0683. The van der Waals surface area contributed by atoms with Crippen molar-refractivity contribution in [2.75, 3.05) is 6.61 Å². The molecular formula is C12H23ClO2. The number of carbonyl (C=O) groups excluding carboxylic acids is 1. The largest absolute Gasteiger partial charge is 0.466 e. The van der Waals surface area contributed by atoms with E-state index in [2.05, 4.69) is 6.92 Å². The fourth-order valence-electron chi connectivity index (χ4n) is 1.43. The van der Waals surface area contributed by atoms with E-state index in [9.17, 15) is 4.79 Å². The van der Waals surface area contributed by atoms with Gasteiger partial charge in [0.25, 0.3) is 0 Å². The van der Waals surface area contributed by atoms with Gasteiger partial charge in [0, 0.05) is 11.8 Å². The number of esters is 1. The summed E-state index contributed by atoms with van der Waals surface area (Å²) in [6.07, 6.45) is 7.09. The summed E-state index contributed by atoms with van der Waals surface area (Å²) in [7, 11) is 0. The van der Waals surface area contributed by atoms with Crippen LogP contribution in [0.3, 0.4) is 0 Å². The van der Waals surface area contributed by atoms with Gasteiger partial charge in [0.05, 0.1) is 6.61 Å². The number of hydrogen-bond donors (Lipinski definition) is 0. The van der Waals surface area contributed by atoms with E-state index < -0.39 is 0 Å². The third kappa shape index (κ3) is 10.1. The number of rotatable bonds is 9. The molecule has 0 rings (SSSR count). The average molecular weight is 235 g/mol. The van der Waals surface area contributed by atoms with Gasteiger partial charge in [-0.05, 0) is 26.2 Å². The van der Waals surface area contributed by atoms with Crippen molar-refractivity contribution in [1.29, 1.82) is 0 Å². The Labute approximate surface area is 98.3 Å². The lowest BCUT2D eigenvalue weighted by atomic mass is 10.1. The smallest absolute Gasteiger partial charge is 0.305 e. The van der Waals surface area contributed by atoms with Gasteiger partial charge in [-0.3, -0.25) is 4.79 Å². The van der Waals surface area contributed by atoms with Crippen molar-refractivity contribution < 1.29 is 9.53 Å². The zero-order chi connectivity index (χ0) is 11.5. The van der Waals surface area contributed by atoms with Crippen molar-refractivity contribution in [3.8, 4) is 0 Å². The Morgan fingerprint density at radius 2 is 1.87 bits per heavy atom. The number of halogens is 1. The minimum Gasteiger partial charge on any atom is -0.466 e. The molecular weight excluding hydrogens is 212 g/mol. The second kappa shape index (κ2) is 10.3. The molecule has 0 aromatic heterocycles. The van der Waals surface area contributed by atoms with Gasteiger partial charge in [0.2, 0.25) is 0 Å². The van der Waals surface area contributed by atoms with Gasteiger partial charge in [0.15, 0.2) is 0 Å². The summed E-state index contributed by atoms with van der Waals surface area (Å²) < 4.78 is 4.84. The van der Waals surface area contributed by atoms with E-state index in [-0.39, 0.29) is 5.97 Å². The van der Waals surface area contributed by atoms with Gasteiger partial charge in [0.1, 0.15) is 0 Å². The summed E-state index contributed by atoms with van der Waals surface area (Å²) >= 11 is 6.00. The molecule has 0 spiro atoms. The third-order valence-electron chi connectivity index (χ3n) is 2.40. The monoisotopic (exact) mass is 234 g/mol. The van der Waals surface area contributed by atoms with Crippen LogP contribution in [0.1, 0.15) is 58.8 Å². The van der Waals surface area contributed by atoms with E-state index in [0.717, 1.165) is 25.7 Å². The number of alkyl halides is 1. The summed E-state index contributed by atoms with van der Waals surface area (Å²) in [6.45, 7) is 4.44. The van der Waals surface area contributed by atoms with Crippen LogP contribution in [-0.2, 0) is 9.53 Å². The van der Waals surface area contributed by atoms with E-state index >= 15 is 0 Å². The molecule has 0 radical (unpaired) electrons. The predicted octanol–water partition coefficient (Wildman–Crippen LogP) is 3.91. The van der Waals surface area contributed by atoms with Gasteiger partial charge in [-0.15, -0.1) is 11.6 Å². The molecule has 0 aliphatic carbocycles. The third-order valence-corrected chi connectivity index (χ3v) is 2.92. The molecule has 0 aliphatic rings. The van der Waals surface area contributed by atoms with E-state index in [1.54, 1.807) is 0 Å². The molecule has 15 heavy (non-hydrogen) atoms. The Hall–Kier alpha value is -0.240. The molecule has 3 heteroatoms. The molecule has 90 valence electrons. The lowest BCUT2D eigenvalue weighted by Crippen LogP contribution is -2.03. The van der Waals surface area contributed by atoms with Crippen molar-refractivity contribution in [2.24, 2.45) is 0 Å². The molecule has 0 amide bonds. The van der Waals surface area contributed by atoms with Gasteiger partial charge < -0.3 is 4.74 Å². The highest BCUT2D eigenvalue weighted by molar-refractivity contribution is 6.20. The van der Waals surface area contributed by atoms with Crippen LogP contribution in [0.25, 0.3) is 0 Å². The number of ether oxygens (including phenoxy) is 1.